The van der Waals surface area contributed by atoms with E-state index in [4.69, 9.17) is 0 Å². The summed E-state index contributed by atoms with van der Waals surface area (Å²) in [7, 11) is 0. The van der Waals surface area contributed by atoms with Crippen LogP contribution in [0.3, 0.4) is 0 Å². The molecular formula is C21H22N6O. The number of H-pyrrole nitrogens is 1. The lowest BCUT2D eigenvalue weighted by Gasteiger charge is -2.21. The number of hydrogen-bond acceptors (Lipinski definition) is 5. The molecule has 5 rings (SSSR count). The number of aromatic amines is 1. The van der Waals surface area contributed by atoms with Gasteiger partial charge in [0.25, 0.3) is 5.56 Å². The Hall–Kier alpha value is -3.22. The van der Waals surface area contributed by atoms with Gasteiger partial charge in [0.05, 0.1) is 11.4 Å². The molecule has 1 atom stereocenters. The Labute approximate surface area is 161 Å². The van der Waals surface area contributed by atoms with Crippen molar-refractivity contribution in [1.82, 2.24) is 24.5 Å². The summed E-state index contributed by atoms with van der Waals surface area (Å²) >= 11 is 0. The summed E-state index contributed by atoms with van der Waals surface area (Å²) in [6.45, 7) is 5.96. The molecule has 28 heavy (non-hydrogen) atoms. The number of nitrogens with zero attached hydrogens (tertiary/aromatic N) is 4. The van der Waals surface area contributed by atoms with Gasteiger partial charge in [-0.2, -0.15) is 0 Å². The third kappa shape index (κ3) is 2.66. The fourth-order valence-corrected chi connectivity index (χ4v) is 3.94. The molecule has 7 heteroatoms. The number of imidazole rings is 1. The van der Waals surface area contributed by atoms with Crippen molar-refractivity contribution in [2.24, 2.45) is 0 Å². The van der Waals surface area contributed by atoms with Gasteiger partial charge >= 0.3 is 0 Å². The molecule has 1 saturated carbocycles. The van der Waals surface area contributed by atoms with Gasteiger partial charge in [-0.3, -0.25) is 4.79 Å². The fourth-order valence-electron chi connectivity index (χ4n) is 3.94. The van der Waals surface area contributed by atoms with Crippen LogP contribution < -0.4 is 10.9 Å². The van der Waals surface area contributed by atoms with Crippen LogP contribution in [0, 0.1) is 13.8 Å². The van der Waals surface area contributed by atoms with Crippen molar-refractivity contribution in [3.05, 3.63) is 58.0 Å². The molecule has 1 aliphatic carbocycles. The molecule has 0 saturated heterocycles. The van der Waals surface area contributed by atoms with Crippen LogP contribution in [-0.2, 0) is 0 Å². The number of rotatable bonds is 4. The first-order valence-electron chi connectivity index (χ1n) is 9.61. The zero-order chi connectivity index (χ0) is 19.4. The molecule has 0 spiro atoms. The zero-order valence-electron chi connectivity index (χ0n) is 16.2. The van der Waals surface area contributed by atoms with Crippen LogP contribution in [0.4, 0.5) is 5.82 Å². The SMILES string of the molecule is Cc1nc2ncnc(N[C@@H](C)c3cc4cccc(C)c4c(=O)n3C3CC3)c2[nH]1. The van der Waals surface area contributed by atoms with Gasteiger partial charge < -0.3 is 14.9 Å². The van der Waals surface area contributed by atoms with Crippen LogP contribution in [0.25, 0.3) is 21.9 Å². The summed E-state index contributed by atoms with van der Waals surface area (Å²) in [5.41, 5.74) is 3.52. The molecule has 2 N–H and O–H groups in total. The van der Waals surface area contributed by atoms with E-state index in [0.717, 1.165) is 46.2 Å². The summed E-state index contributed by atoms with van der Waals surface area (Å²) in [6, 6.07) is 8.34. The highest BCUT2D eigenvalue weighted by atomic mass is 16.1. The largest absolute Gasteiger partial charge is 0.360 e. The Morgan fingerprint density at radius 3 is 2.86 bits per heavy atom. The molecule has 0 unspecified atom stereocenters. The minimum atomic E-state index is -0.0973. The quantitative estimate of drug-likeness (QED) is 0.567. The van der Waals surface area contributed by atoms with Gasteiger partial charge in [-0.05, 0) is 50.6 Å². The molecule has 0 aliphatic heterocycles. The van der Waals surface area contributed by atoms with E-state index < -0.39 is 0 Å². The Morgan fingerprint density at radius 2 is 2.07 bits per heavy atom. The molecule has 4 aromatic rings. The Kier molecular flexibility index (Phi) is 3.72. The van der Waals surface area contributed by atoms with Gasteiger partial charge in [-0.25, -0.2) is 15.0 Å². The summed E-state index contributed by atoms with van der Waals surface area (Å²) in [5.74, 6) is 1.49. The topological polar surface area (TPSA) is 88.5 Å². The summed E-state index contributed by atoms with van der Waals surface area (Å²) in [6.07, 6.45) is 3.61. The van der Waals surface area contributed by atoms with E-state index in [1.165, 1.54) is 6.33 Å². The Balaban J connectivity index is 1.64. The van der Waals surface area contributed by atoms with Crippen molar-refractivity contribution in [2.75, 3.05) is 5.32 Å². The van der Waals surface area contributed by atoms with Crippen molar-refractivity contribution < 1.29 is 0 Å². The smallest absolute Gasteiger partial charge is 0.259 e. The fraction of sp³-hybridized carbons (Fsp3) is 0.333. The molecule has 1 fully saturated rings. The van der Waals surface area contributed by atoms with E-state index in [-0.39, 0.29) is 17.6 Å². The maximum Gasteiger partial charge on any atom is 0.259 e. The van der Waals surface area contributed by atoms with E-state index >= 15 is 0 Å². The van der Waals surface area contributed by atoms with E-state index in [1.54, 1.807) is 0 Å². The predicted octanol–water partition coefficient (Wildman–Crippen LogP) is 3.79. The highest BCUT2D eigenvalue weighted by Gasteiger charge is 2.29. The second-order valence-electron chi connectivity index (χ2n) is 7.62. The summed E-state index contributed by atoms with van der Waals surface area (Å²) in [5, 5.41) is 5.26. The first-order valence-corrected chi connectivity index (χ1v) is 9.61. The van der Waals surface area contributed by atoms with Crippen LogP contribution in [0.1, 0.15) is 48.9 Å². The van der Waals surface area contributed by atoms with Crippen LogP contribution >= 0.6 is 0 Å². The standard InChI is InChI=1S/C21H22N6O/c1-11-5-4-6-14-9-16(27(15-7-8-15)21(28)17(11)14)12(2)24-19-18-20(23-10-22-19)26-13(3)25-18/h4-6,9-10,12,15H,7-8H2,1-3H3,(H2,22,23,24,25,26)/t12-/m0/s1. The highest BCUT2D eigenvalue weighted by molar-refractivity contribution is 5.86. The third-order valence-electron chi connectivity index (χ3n) is 5.43. The first-order chi connectivity index (χ1) is 13.5. The molecule has 0 bridgehead atoms. The second-order valence-corrected chi connectivity index (χ2v) is 7.62. The minimum Gasteiger partial charge on any atom is -0.360 e. The van der Waals surface area contributed by atoms with Crippen LogP contribution in [0.15, 0.2) is 35.4 Å². The average Bonchev–Trinajstić information content (AvgIpc) is 3.41. The lowest BCUT2D eigenvalue weighted by atomic mass is 10.0. The number of nitrogens with one attached hydrogen (secondary N) is 2. The maximum absolute atomic E-state index is 13.3. The number of pyridine rings is 1. The van der Waals surface area contributed by atoms with Gasteiger partial charge in [0.15, 0.2) is 11.5 Å². The van der Waals surface area contributed by atoms with Gasteiger partial charge in [0, 0.05) is 11.7 Å². The van der Waals surface area contributed by atoms with E-state index in [0.29, 0.717) is 11.5 Å². The van der Waals surface area contributed by atoms with Crippen LogP contribution in [0.5, 0.6) is 0 Å². The molecule has 1 aliphatic rings. The molecule has 3 aromatic heterocycles. The normalized spacial score (nSPS) is 15.2. The molecule has 3 heterocycles. The van der Waals surface area contributed by atoms with Gasteiger partial charge in [0.2, 0.25) is 0 Å². The van der Waals surface area contributed by atoms with E-state index in [2.05, 4.69) is 38.2 Å². The predicted molar refractivity (Wildman–Crippen MR) is 110 cm³/mol. The number of fused-ring (bicyclic) bond motifs is 2. The van der Waals surface area contributed by atoms with Crippen molar-refractivity contribution >= 4 is 27.8 Å². The van der Waals surface area contributed by atoms with Crippen molar-refractivity contribution in [2.45, 2.75) is 45.7 Å². The van der Waals surface area contributed by atoms with Gasteiger partial charge in [-0.1, -0.05) is 18.2 Å². The van der Waals surface area contributed by atoms with Crippen molar-refractivity contribution in [3.8, 4) is 0 Å². The number of hydrogen-bond donors (Lipinski definition) is 2. The Morgan fingerprint density at radius 1 is 1.25 bits per heavy atom. The summed E-state index contributed by atoms with van der Waals surface area (Å²) in [4.78, 5) is 29.5. The zero-order valence-corrected chi connectivity index (χ0v) is 16.2. The number of benzene rings is 1. The van der Waals surface area contributed by atoms with E-state index in [1.807, 2.05) is 36.6 Å². The van der Waals surface area contributed by atoms with E-state index in [9.17, 15) is 4.79 Å². The molecule has 7 nitrogen and oxygen atoms in total. The van der Waals surface area contributed by atoms with Crippen LogP contribution in [0.2, 0.25) is 0 Å². The average molecular weight is 374 g/mol. The highest BCUT2D eigenvalue weighted by Crippen LogP contribution is 2.37. The summed E-state index contributed by atoms with van der Waals surface area (Å²) < 4.78 is 1.98. The minimum absolute atomic E-state index is 0.0973. The van der Waals surface area contributed by atoms with Gasteiger partial charge in [0.1, 0.15) is 17.7 Å². The van der Waals surface area contributed by atoms with Crippen LogP contribution in [-0.4, -0.2) is 24.5 Å². The van der Waals surface area contributed by atoms with Gasteiger partial charge in [-0.15, -0.1) is 0 Å². The first kappa shape index (κ1) is 16.9. The number of aromatic nitrogens is 5. The Bertz CT molecular complexity index is 1270. The third-order valence-corrected chi connectivity index (χ3v) is 5.43. The molecular weight excluding hydrogens is 352 g/mol. The van der Waals surface area contributed by atoms with Crippen molar-refractivity contribution in [3.63, 3.8) is 0 Å². The number of aryl methyl sites for hydroxylation is 2. The van der Waals surface area contributed by atoms with Crippen molar-refractivity contribution in [1.29, 1.82) is 0 Å². The second kappa shape index (κ2) is 6.15. The monoisotopic (exact) mass is 374 g/mol. The molecule has 1 aromatic carbocycles. The maximum atomic E-state index is 13.3. The molecule has 0 amide bonds. The lowest BCUT2D eigenvalue weighted by Crippen LogP contribution is -2.26. The molecule has 0 radical (unpaired) electrons. The lowest BCUT2D eigenvalue weighted by molar-refractivity contribution is 0.636. The molecule has 142 valence electrons. The number of anilines is 1.